The monoisotopic (exact) mass is 341 g/mol. The highest BCUT2D eigenvalue weighted by molar-refractivity contribution is 6.31. The molecule has 0 bridgehead atoms. The molecule has 1 aliphatic rings. The molecule has 0 unspecified atom stereocenters. The van der Waals surface area contributed by atoms with E-state index in [1.54, 1.807) is 0 Å². The third-order valence-corrected chi connectivity index (χ3v) is 4.15. The van der Waals surface area contributed by atoms with Crippen LogP contribution in [0.2, 0.25) is 5.02 Å². The fourth-order valence-electron chi connectivity index (χ4n) is 2.27. The maximum absolute atomic E-state index is 13.1. The molecule has 1 aromatic rings. The Labute approximate surface area is 140 Å². The number of nitrogens with zero attached hydrogens (tertiary/aromatic N) is 1. The molecular formula is C16H21ClFN3O2. The molecule has 1 aromatic carbocycles. The summed E-state index contributed by atoms with van der Waals surface area (Å²) in [7, 11) is 3.93. The zero-order valence-electron chi connectivity index (χ0n) is 13.3. The van der Waals surface area contributed by atoms with E-state index in [4.69, 9.17) is 11.6 Å². The Morgan fingerprint density at radius 1 is 1.30 bits per heavy atom. The molecule has 0 aliphatic heterocycles. The van der Waals surface area contributed by atoms with Crippen molar-refractivity contribution < 1.29 is 14.0 Å². The van der Waals surface area contributed by atoms with Crippen molar-refractivity contribution in [1.29, 1.82) is 0 Å². The first kappa shape index (κ1) is 17.7. The number of benzene rings is 1. The first-order valence-electron chi connectivity index (χ1n) is 7.55. The van der Waals surface area contributed by atoms with Crippen molar-refractivity contribution in [3.8, 4) is 0 Å². The molecule has 2 rings (SSSR count). The van der Waals surface area contributed by atoms with Gasteiger partial charge in [-0.3, -0.25) is 9.59 Å². The molecule has 2 amide bonds. The van der Waals surface area contributed by atoms with Crippen LogP contribution in [0.5, 0.6) is 0 Å². The number of hydrogen-bond acceptors (Lipinski definition) is 3. The van der Waals surface area contributed by atoms with Crippen molar-refractivity contribution >= 4 is 29.1 Å². The van der Waals surface area contributed by atoms with Crippen molar-refractivity contribution in [3.05, 3.63) is 29.0 Å². The lowest BCUT2D eigenvalue weighted by Gasteiger charge is -2.16. The highest BCUT2D eigenvalue weighted by Gasteiger charge is 2.56. The second-order valence-corrected chi connectivity index (χ2v) is 6.49. The van der Waals surface area contributed by atoms with Crippen molar-refractivity contribution in [2.45, 2.75) is 19.3 Å². The lowest BCUT2D eigenvalue weighted by Crippen LogP contribution is -2.40. The number of carbonyl (C=O) groups is 2. The second kappa shape index (κ2) is 7.27. The Balaban J connectivity index is 1.90. The van der Waals surface area contributed by atoms with Crippen molar-refractivity contribution in [3.63, 3.8) is 0 Å². The minimum Gasteiger partial charge on any atom is -0.355 e. The molecular weight excluding hydrogens is 321 g/mol. The Morgan fingerprint density at radius 2 is 2.00 bits per heavy atom. The average molecular weight is 342 g/mol. The molecule has 1 saturated carbocycles. The number of anilines is 1. The zero-order valence-corrected chi connectivity index (χ0v) is 14.0. The second-order valence-electron chi connectivity index (χ2n) is 6.08. The molecule has 23 heavy (non-hydrogen) atoms. The first-order valence-corrected chi connectivity index (χ1v) is 7.92. The van der Waals surface area contributed by atoms with Crippen LogP contribution < -0.4 is 10.6 Å². The van der Waals surface area contributed by atoms with Gasteiger partial charge in [-0.2, -0.15) is 0 Å². The largest absolute Gasteiger partial charge is 0.355 e. The molecule has 0 spiro atoms. The van der Waals surface area contributed by atoms with Gasteiger partial charge in [0.15, 0.2) is 0 Å². The quantitative estimate of drug-likeness (QED) is 0.591. The summed E-state index contributed by atoms with van der Waals surface area (Å²) in [5, 5.41) is 5.39. The predicted molar refractivity (Wildman–Crippen MR) is 87.9 cm³/mol. The SMILES string of the molecule is CN(C)CCCNC(=O)C1(C(=O)Nc2ccc(F)c(Cl)c2)CC1. The van der Waals surface area contributed by atoms with E-state index in [1.165, 1.54) is 18.2 Å². The third-order valence-electron chi connectivity index (χ3n) is 3.86. The van der Waals surface area contributed by atoms with E-state index in [0.717, 1.165) is 13.0 Å². The number of nitrogens with one attached hydrogen (secondary N) is 2. The van der Waals surface area contributed by atoms with Gasteiger partial charge in [0, 0.05) is 12.2 Å². The third kappa shape index (κ3) is 4.42. The highest BCUT2D eigenvalue weighted by Crippen LogP contribution is 2.46. The summed E-state index contributed by atoms with van der Waals surface area (Å²) >= 11 is 5.69. The highest BCUT2D eigenvalue weighted by atomic mass is 35.5. The van der Waals surface area contributed by atoms with Crippen molar-refractivity contribution in [2.75, 3.05) is 32.5 Å². The van der Waals surface area contributed by atoms with Gasteiger partial charge in [-0.15, -0.1) is 0 Å². The molecule has 0 atom stereocenters. The minimum atomic E-state index is -1.00. The van der Waals surface area contributed by atoms with E-state index in [0.29, 0.717) is 25.1 Å². The van der Waals surface area contributed by atoms with Crippen LogP contribution >= 0.6 is 11.6 Å². The van der Waals surface area contributed by atoms with Crippen LogP contribution in [0.15, 0.2) is 18.2 Å². The Morgan fingerprint density at radius 3 is 2.57 bits per heavy atom. The molecule has 0 radical (unpaired) electrons. The molecule has 1 aliphatic carbocycles. The topological polar surface area (TPSA) is 61.4 Å². The summed E-state index contributed by atoms with van der Waals surface area (Å²) in [5.41, 5.74) is -0.619. The van der Waals surface area contributed by atoms with E-state index >= 15 is 0 Å². The summed E-state index contributed by atoms with van der Waals surface area (Å²) in [5.74, 6) is -1.17. The Bertz CT molecular complexity index is 603. The van der Waals surface area contributed by atoms with Crippen LogP contribution in [0.25, 0.3) is 0 Å². The Kier molecular flexibility index (Phi) is 5.59. The van der Waals surface area contributed by atoms with Gasteiger partial charge >= 0.3 is 0 Å². The van der Waals surface area contributed by atoms with Crippen LogP contribution in [0.1, 0.15) is 19.3 Å². The van der Waals surface area contributed by atoms with Gasteiger partial charge in [0.05, 0.1) is 5.02 Å². The predicted octanol–water partition coefficient (Wildman–Crippen LogP) is 2.27. The first-order chi connectivity index (χ1) is 10.8. The number of amides is 2. The van der Waals surface area contributed by atoms with Gasteiger partial charge in [0.25, 0.3) is 0 Å². The van der Waals surface area contributed by atoms with Gasteiger partial charge in [0.2, 0.25) is 11.8 Å². The lowest BCUT2D eigenvalue weighted by atomic mass is 10.0. The molecule has 1 fully saturated rings. The lowest BCUT2D eigenvalue weighted by molar-refractivity contribution is -0.134. The van der Waals surface area contributed by atoms with Crippen LogP contribution in [-0.2, 0) is 9.59 Å². The van der Waals surface area contributed by atoms with E-state index in [2.05, 4.69) is 10.6 Å². The van der Waals surface area contributed by atoms with Crippen LogP contribution in [0.4, 0.5) is 10.1 Å². The summed E-state index contributed by atoms with van der Waals surface area (Å²) in [6.07, 6.45) is 1.87. The van der Waals surface area contributed by atoms with E-state index in [9.17, 15) is 14.0 Å². The smallest absolute Gasteiger partial charge is 0.240 e. The maximum Gasteiger partial charge on any atom is 0.240 e. The van der Waals surface area contributed by atoms with E-state index in [-0.39, 0.29) is 16.8 Å². The van der Waals surface area contributed by atoms with Crippen molar-refractivity contribution in [2.24, 2.45) is 5.41 Å². The fourth-order valence-corrected chi connectivity index (χ4v) is 2.45. The minimum absolute atomic E-state index is 0.0687. The molecule has 0 saturated heterocycles. The van der Waals surface area contributed by atoms with Crippen LogP contribution in [0, 0.1) is 11.2 Å². The molecule has 0 heterocycles. The van der Waals surface area contributed by atoms with Gasteiger partial charge in [-0.1, -0.05) is 11.6 Å². The number of halogens is 2. The normalized spacial score (nSPS) is 15.3. The van der Waals surface area contributed by atoms with Gasteiger partial charge < -0.3 is 15.5 Å². The number of rotatable bonds is 7. The molecule has 5 nitrogen and oxygen atoms in total. The van der Waals surface area contributed by atoms with Gasteiger partial charge in [-0.25, -0.2) is 4.39 Å². The zero-order chi connectivity index (χ0) is 17.0. The number of hydrogen-bond donors (Lipinski definition) is 2. The summed E-state index contributed by atoms with van der Waals surface area (Å²) < 4.78 is 13.1. The summed E-state index contributed by atoms with van der Waals surface area (Å²) in [6.45, 7) is 1.40. The van der Waals surface area contributed by atoms with Crippen LogP contribution in [0.3, 0.4) is 0 Å². The summed E-state index contributed by atoms with van der Waals surface area (Å²) in [4.78, 5) is 26.6. The van der Waals surface area contributed by atoms with Crippen LogP contribution in [-0.4, -0.2) is 43.9 Å². The standard InChI is InChI=1S/C16H21ClFN3O2/c1-21(2)9-3-8-19-14(22)16(6-7-16)15(23)20-11-4-5-13(18)12(17)10-11/h4-5,10H,3,6-9H2,1-2H3,(H,19,22)(H,20,23). The molecule has 0 aromatic heterocycles. The van der Waals surface area contributed by atoms with Gasteiger partial charge in [-0.05, 0) is 58.1 Å². The Hall–Kier alpha value is -1.66. The summed E-state index contributed by atoms with van der Waals surface area (Å²) in [6, 6.07) is 3.93. The number of carbonyl (C=O) groups excluding carboxylic acids is 2. The average Bonchev–Trinajstić information content (AvgIpc) is 3.29. The van der Waals surface area contributed by atoms with Gasteiger partial charge in [0.1, 0.15) is 11.2 Å². The maximum atomic E-state index is 13.1. The fraction of sp³-hybridized carbons (Fsp3) is 0.500. The van der Waals surface area contributed by atoms with E-state index < -0.39 is 11.2 Å². The van der Waals surface area contributed by atoms with E-state index in [1.807, 2.05) is 19.0 Å². The molecule has 2 N–H and O–H groups in total. The molecule has 126 valence electrons. The molecule has 7 heteroatoms. The van der Waals surface area contributed by atoms with Crippen molar-refractivity contribution in [1.82, 2.24) is 10.2 Å².